The molecule has 8 heteroatoms. The van der Waals surface area contributed by atoms with Gasteiger partial charge in [0, 0.05) is 16.1 Å². The highest BCUT2D eigenvalue weighted by atomic mass is 35.5. The Morgan fingerprint density at radius 1 is 1.00 bits per heavy atom. The first-order chi connectivity index (χ1) is 15.6. The first-order valence-electron chi connectivity index (χ1n) is 10.8. The van der Waals surface area contributed by atoms with Crippen molar-refractivity contribution in [1.29, 1.82) is 0 Å². The lowest BCUT2D eigenvalue weighted by molar-refractivity contribution is -0.357. The highest BCUT2D eigenvalue weighted by molar-refractivity contribution is 6.31. The summed E-state index contributed by atoms with van der Waals surface area (Å²) in [5.74, 6) is 3.58. The van der Waals surface area contributed by atoms with Crippen molar-refractivity contribution in [3.63, 3.8) is 0 Å². The summed E-state index contributed by atoms with van der Waals surface area (Å²) in [5, 5.41) is 61.5. The summed E-state index contributed by atoms with van der Waals surface area (Å²) in [6.07, 6.45) is -3.59. The maximum atomic E-state index is 11.0. The fourth-order valence-electron chi connectivity index (χ4n) is 4.08. The van der Waals surface area contributed by atoms with Gasteiger partial charge in [0.2, 0.25) is 5.79 Å². The molecule has 176 valence electrons. The standard InChI is InChI=1S/C25H27ClO7/c26-19-7-6-18(25(32)23(30)22(29)21(28)20(14-27)33-25)13-17(19)12-16-4-2-15(3-5-16)8-11-24(31)9-1-10-24/h2-7,13,20-23,27-32H,1,9-10,12,14H2/t20-,21-,22+,23-,25+/m1/s1. The molecular formula is C25H27ClO7. The van der Waals surface area contributed by atoms with Gasteiger partial charge in [-0.1, -0.05) is 41.6 Å². The second-order valence-corrected chi connectivity index (χ2v) is 9.18. The molecule has 33 heavy (non-hydrogen) atoms. The van der Waals surface area contributed by atoms with E-state index < -0.39 is 42.4 Å². The predicted octanol–water partition coefficient (Wildman–Crippen LogP) is 0.816. The van der Waals surface area contributed by atoms with Gasteiger partial charge in [0.05, 0.1) is 6.61 Å². The molecule has 4 rings (SSSR count). The molecule has 1 aliphatic carbocycles. The Bertz CT molecular complexity index is 1050. The maximum Gasteiger partial charge on any atom is 0.222 e. The van der Waals surface area contributed by atoms with Crippen molar-refractivity contribution >= 4 is 11.6 Å². The molecule has 0 spiro atoms. The Morgan fingerprint density at radius 3 is 2.30 bits per heavy atom. The minimum absolute atomic E-state index is 0.134. The van der Waals surface area contributed by atoms with E-state index in [0.29, 0.717) is 29.8 Å². The van der Waals surface area contributed by atoms with Gasteiger partial charge in [0.25, 0.3) is 0 Å². The van der Waals surface area contributed by atoms with E-state index in [1.165, 1.54) is 6.07 Å². The average molecular weight is 475 g/mol. The van der Waals surface area contributed by atoms with Crippen LogP contribution >= 0.6 is 11.6 Å². The van der Waals surface area contributed by atoms with E-state index in [1.807, 2.05) is 24.3 Å². The van der Waals surface area contributed by atoms with E-state index in [4.69, 9.17) is 16.3 Å². The first-order valence-corrected chi connectivity index (χ1v) is 11.2. The highest BCUT2D eigenvalue weighted by Crippen LogP contribution is 2.38. The Morgan fingerprint density at radius 2 is 1.70 bits per heavy atom. The molecule has 2 aliphatic rings. The van der Waals surface area contributed by atoms with E-state index in [9.17, 15) is 30.6 Å². The van der Waals surface area contributed by atoms with Gasteiger partial charge in [-0.05, 0) is 61.1 Å². The van der Waals surface area contributed by atoms with Crippen LogP contribution in [0.25, 0.3) is 0 Å². The van der Waals surface area contributed by atoms with Gasteiger partial charge in [-0.2, -0.15) is 0 Å². The van der Waals surface area contributed by atoms with E-state index in [2.05, 4.69) is 11.8 Å². The Balaban J connectivity index is 1.55. The molecule has 2 aromatic rings. The van der Waals surface area contributed by atoms with Crippen LogP contribution < -0.4 is 0 Å². The van der Waals surface area contributed by atoms with E-state index >= 15 is 0 Å². The van der Waals surface area contributed by atoms with E-state index in [0.717, 1.165) is 17.5 Å². The second kappa shape index (κ2) is 9.34. The van der Waals surface area contributed by atoms with Crippen molar-refractivity contribution < 1.29 is 35.4 Å². The molecule has 2 aromatic carbocycles. The Kier molecular flexibility index (Phi) is 6.83. The lowest BCUT2D eigenvalue weighted by atomic mass is 9.81. The van der Waals surface area contributed by atoms with Crippen molar-refractivity contribution in [3.8, 4) is 11.8 Å². The molecule has 0 unspecified atom stereocenters. The fourth-order valence-corrected chi connectivity index (χ4v) is 4.26. The highest BCUT2D eigenvalue weighted by Gasteiger charge is 2.53. The predicted molar refractivity (Wildman–Crippen MR) is 120 cm³/mol. The number of ether oxygens (including phenoxy) is 1. The third kappa shape index (κ3) is 4.80. The molecule has 6 N–H and O–H groups in total. The summed E-state index contributed by atoms with van der Waals surface area (Å²) in [7, 11) is 0. The lowest BCUT2D eigenvalue weighted by Crippen LogP contribution is -2.63. The van der Waals surface area contributed by atoms with Crippen molar-refractivity contribution in [2.45, 2.75) is 61.5 Å². The smallest absolute Gasteiger partial charge is 0.222 e. The SMILES string of the molecule is OC[C@H]1O[C@@](O)(c2ccc(Cl)c(Cc3ccc(C#CC4(O)CCC4)cc3)c2)[C@H](O)[C@@H](O)[C@@H]1O. The fraction of sp³-hybridized carbons (Fsp3) is 0.440. The summed E-state index contributed by atoms with van der Waals surface area (Å²) in [6, 6.07) is 12.0. The number of benzene rings is 2. The van der Waals surface area contributed by atoms with Gasteiger partial charge in [-0.3, -0.25) is 0 Å². The van der Waals surface area contributed by atoms with E-state index in [-0.39, 0.29) is 5.56 Å². The maximum absolute atomic E-state index is 11.0. The minimum Gasteiger partial charge on any atom is -0.394 e. The number of aliphatic hydroxyl groups is 6. The Hall–Kier alpha value is -1.99. The summed E-state index contributed by atoms with van der Waals surface area (Å²) < 4.78 is 5.40. The number of halogens is 1. The van der Waals surface area contributed by atoms with Crippen LogP contribution in [-0.4, -0.2) is 67.3 Å². The van der Waals surface area contributed by atoms with Gasteiger partial charge >= 0.3 is 0 Å². The lowest BCUT2D eigenvalue weighted by Gasteiger charge is -2.45. The zero-order valence-electron chi connectivity index (χ0n) is 17.9. The van der Waals surface area contributed by atoms with Crippen molar-refractivity contribution in [2.75, 3.05) is 6.61 Å². The molecule has 2 fully saturated rings. The van der Waals surface area contributed by atoms with Crippen molar-refractivity contribution in [2.24, 2.45) is 0 Å². The molecule has 7 nitrogen and oxygen atoms in total. The van der Waals surface area contributed by atoms with Crippen LogP contribution in [0.3, 0.4) is 0 Å². The van der Waals surface area contributed by atoms with Gasteiger partial charge in [-0.15, -0.1) is 0 Å². The normalized spacial score (nSPS) is 30.8. The summed E-state index contributed by atoms with van der Waals surface area (Å²) in [5.41, 5.74) is 1.62. The molecule has 0 amide bonds. The van der Waals surface area contributed by atoms with Gasteiger partial charge in [0.15, 0.2) is 0 Å². The molecule has 5 atom stereocenters. The number of aliphatic hydroxyl groups excluding tert-OH is 4. The molecule has 0 bridgehead atoms. The largest absolute Gasteiger partial charge is 0.394 e. The molecule has 1 aliphatic heterocycles. The van der Waals surface area contributed by atoms with Crippen LogP contribution in [0, 0.1) is 11.8 Å². The quantitative estimate of drug-likeness (QED) is 0.362. The first kappa shape index (κ1) is 24.1. The van der Waals surface area contributed by atoms with Crippen LogP contribution in [0.15, 0.2) is 42.5 Å². The van der Waals surface area contributed by atoms with E-state index in [1.54, 1.807) is 12.1 Å². The van der Waals surface area contributed by atoms with Gasteiger partial charge in [0.1, 0.15) is 30.0 Å². The van der Waals surface area contributed by atoms with Crippen LogP contribution in [0.4, 0.5) is 0 Å². The number of hydrogen-bond donors (Lipinski definition) is 6. The van der Waals surface area contributed by atoms with Crippen molar-refractivity contribution in [3.05, 3.63) is 69.7 Å². The molecule has 1 saturated heterocycles. The zero-order valence-corrected chi connectivity index (χ0v) is 18.6. The van der Waals surface area contributed by atoms with Gasteiger partial charge < -0.3 is 35.4 Å². The zero-order chi connectivity index (χ0) is 23.8. The summed E-state index contributed by atoms with van der Waals surface area (Å²) in [6.45, 7) is -0.652. The van der Waals surface area contributed by atoms with Crippen LogP contribution in [0.5, 0.6) is 0 Å². The average Bonchev–Trinajstić information content (AvgIpc) is 2.79. The molecule has 0 aromatic heterocycles. The third-order valence-electron chi connectivity index (χ3n) is 6.39. The topological polar surface area (TPSA) is 131 Å². The van der Waals surface area contributed by atoms with Crippen LogP contribution in [0.1, 0.15) is 41.5 Å². The van der Waals surface area contributed by atoms with Crippen molar-refractivity contribution in [1.82, 2.24) is 0 Å². The second-order valence-electron chi connectivity index (χ2n) is 8.78. The Labute approximate surface area is 196 Å². The molecular weight excluding hydrogens is 448 g/mol. The number of hydrogen-bond acceptors (Lipinski definition) is 7. The summed E-state index contributed by atoms with van der Waals surface area (Å²) >= 11 is 6.36. The molecule has 1 saturated carbocycles. The minimum atomic E-state index is -2.34. The summed E-state index contributed by atoms with van der Waals surface area (Å²) in [4.78, 5) is 0. The molecule has 0 radical (unpaired) electrons. The molecule has 1 heterocycles. The van der Waals surface area contributed by atoms with Gasteiger partial charge in [-0.25, -0.2) is 0 Å². The monoisotopic (exact) mass is 474 g/mol. The third-order valence-corrected chi connectivity index (χ3v) is 6.76. The van der Waals surface area contributed by atoms with Crippen LogP contribution in [-0.2, 0) is 16.9 Å². The number of rotatable bonds is 4. The van der Waals surface area contributed by atoms with Crippen LogP contribution in [0.2, 0.25) is 5.02 Å².